The molecule has 0 spiro atoms. The number of nitrogens with zero attached hydrogens (tertiary/aromatic N) is 3. The fourth-order valence-electron chi connectivity index (χ4n) is 3.00. The molecule has 1 aromatic heterocycles. The van der Waals surface area contributed by atoms with E-state index in [2.05, 4.69) is 21.4 Å². The molecule has 0 fully saturated rings. The standard InChI is InChI=1S/C16H18FN3O2/c1-2-20-8-6-18-14(20)10-19-7-5-11-3-4-13(17)15(16(21)22)12(11)9-19/h3-4,6,8H,2,5,7,9-10H2,1H3,(H,21,22). The third-order valence-electron chi connectivity index (χ3n) is 4.16. The molecule has 0 saturated heterocycles. The quantitative estimate of drug-likeness (QED) is 0.941. The Hall–Kier alpha value is -2.21. The van der Waals surface area contributed by atoms with Gasteiger partial charge in [0.1, 0.15) is 11.6 Å². The molecule has 116 valence electrons. The molecule has 0 aliphatic carbocycles. The first-order valence-electron chi connectivity index (χ1n) is 7.36. The number of hydrogen-bond acceptors (Lipinski definition) is 3. The molecule has 0 unspecified atom stereocenters. The van der Waals surface area contributed by atoms with Crippen molar-refractivity contribution in [2.75, 3.05) is 6.54 Å². The van der Waals surface area contributed by atoms with Gasteiger partial charge in [0.2, 0.25) is 0 Å². The van der Waals surface area contributed by atoms with Crippen molar-refractivity contribution in [3.05, 3.63) is 52.9 Å². The average molecular weight is 303 g/mol. The molecule has 0 saturated carbocycles. The van der Waals surface area contributed by atoms with E-state index in [1.807, 2.05) is 6.20 Å². The topological polar surface area (TPSA) is 58.4 Å². The van der Waals surface area contributed by atoms with E-state index in [0.29, 0.717) is 18.7 Å². The van der Waals surface area contributed by atoms with Crippen molar-refractivity contribution in [1.29, 1.82) is 0 Å². The van der Waals surface area contributed by atoms with E-state index in [-0.39, 0.29) is 5.56 Å². The Bertz CT molecular complexity index is 711. The van der Waals surface area contributed by atoms with Crippen molar-refractivity contribution in [2.45, 2.75) is 33.0 Å². The van der Waals surface area contributed by atoms with Crippen LogP contribution in [0, 0.1) is 5.82 Å². The monoisotopic (exact) mass is 303 g/mol. The lowest BCUT2D eigenvalue weighted by Crippen LogP contribution is -2.32. The first-order chi connectivity index (χ1) is 10.6. The Balaban J connectivity index is 1.87. The summed E-state index contributed by atoms with van der Waals surface area (Å²) in [4.78, 5) is 17.8. The molecule has 0 atom stereocenters. The Morgan fingerprint density at radius 2 is 2.27 bits per heavy atom. The zero-order valence-corrected chi connectivity index (χ0v) is 12.4. The van der Waals surface area contributed by atoms with Gasteiger partial charge in [-0.15, -0.1) is 0 Å². The predicted molar refractivity (Wildman–Crippen MR) is 79.1 cm³/mol. The minimum absolute atomic E-state index is 0.193. The fourth-order valence-corrected chi connectivity index (χ4v) is 3.00. The van der Waals surface area contributed by atoms with Gasteiger partial charge < -0.3 is 9.67 Å². The van der Waals surface area contributed by atoms with Crippen LogP contribution in [0.5, 0.6) is 0 Å². The molecular formula is C16H18FN3O2. The van der Waals surface area contributed by atoms with Crippen LogP contribution in [0.1, 0.15) is 34.2 Å². The van der Waals surface area contributed by atoms with E-state index in [4.69, 9.17) is 0 Å². The van der Waals surface area contributed by atoms with Crippen molar-refractivity contribution in [1.82, 2.24) is 14.5 Å². The molecule has 5 nitrogen and oxygen atoms in total. The summed E-state index contributed by atoms with van der Waals surface area (Å²) in [6, 6.07) is 2.95. The van der Waals surface area contributed by atoms with Crippen molar-refractivity contribution >= 4 is 5.97 Å². The van der Waals surface area contributed by atoms with E-state index in [1.54, 1.807) is 12.3 Å². The molecule has 2 heterocycles. The van der Waals surface area contributed by atoms with Gasteiger partial charge in [0.05, 0.1) is 12.1 Å². The van der Waals surface area contributed by atoms with Gasteiger partial charge in [0, 0.05) is 32.0 Å². The van der Waals surface area contributed by atoms with E-state index in [0.717, 1.165) is 30.9 Å². The van der Waals surface area contributed by atoms with Crippen LogP contribution in [0.25, 0.3) is 0 Å². The number of aryl methyl sites for hydroxylation is 1. The second kappa shape index (κ2) is 5.88. The highest BCUT2D eigenvalue weighted by Gasteiger charge is 2.25. The van der Waals surface area contributed by atoms with Gasteiger partial charge >= 0.3 is 5.97 Å². The first-order valence-corrected chi connectivity index (χ1v) is 7.36. The number of hydrogen-bond donors (Lipinski definition) is 1. The second-order valence-electron chi connectivity index (χ2n) is 5.46. The highest BCUT2D eigenvalue weighted by molar-refractivity contribution is 5.90. The van der Waals surface area contributed by atoms with Gasteiger partial charge in [-0.05, 0) is 30.5 Å². The van der Waals surface area contributed by atoms with Crippen LogP contribution in [-0.2, 0) is 26.1 Å². The van der Waals surface area contributed by atoms with Gasteiger partial charge in [-0.3, -0.25) is 4.90 Å². The number of imidazole rings is 1. The number of carbonyl (C=O) groups is 1. The minimum Gasteiger partial charge on any atom is -0.478 e. The van der Waals surface area contributed by atoms with Crippen molar-refractivity contribution in [2.24, 2.45) is 0 Å². The summed E-state index contributed by atoms with van der Waals surface area (Å²) in [7, 11) is 0. The Kier molecular flexibility index (Phi) is 3.94. The lowest BCUT2D eigenvalue weighted by Gasteiger charge is -2.29. The predicted octanol–water partition coefficient (Wildman–Crippen LogP) is 2.30. The summed E-state index contributed by atoms with van der Waals surface area (Å²) >= 11 is 0. The van der Waals surface area contributed by atoms with Gasteiger partial charge in [0.15, 0.2) is 0 Å². The maximum absolute atomic E-state index is 13.8. The third kappa shape index (κ3) is 2.62. The summed E-state index contributed by atoms with van der Waals surface area (Å²) in [5.74, 6) is -0.923. The molecule has 22 heavy (non-hydrogen) atoms. The van der Waals surface area contributed by atoms with E-state index in [9.17, 15) is 14.3 Å². The molecule has 0 amide bonds. The van der Waals surface area contributed by atoms with Crippen LogP contribution in [0.2, 0.25) is 0 Å². The summed E-state index contributed by atoms with van der Waals surface area (Å²) < 4.78 is 15.9. The van der Waals surface area contributed by atoms with Gasteiger partial charge in [-0.25, -0.2) is 14.2 Å². The minimum atomic E-state index is -1.20. The molecule has 2 aromatic rings. The number of rotatable bonds is 4. The highest BCUT2D eigenvalue weighted by Crippen LogP contribution is 2.26. The molecule has 3 rings (SSSR count). The van der Waals surface area contributed by atoms with Crippen LogP contribution in [0.15, 0.2) is 24.5 Å². The van der Waals surface area contributed by atoms with E-state index < -0.39 is 11.8 Å². The SMILES string of the molecule is CCn1ccnc1CN1CCc2ccc(F)c(C(=O)O)c2C1. The van der Waals surface area contributed by atoms with Crippen LogP contribution in [0.4, 0.5) is 4.39 Å². The summed E-state index contributed by atoms with van der Waals surface area (Å²) in [6.45, 7) is 4.78. The fraction of sp³-hybridized carbons (Fsp3) is 0.375. The maximum atomic E-state index is 13.8. The molecule has 1 N–H and O–H groups in total. The Morgan fingerprint density at radius 3 is 3.00 bits per heavy atom. The van der Waals surface area contributed by atoms with Crippen molar-refractivity contribution < 1.29 is 14.3 Å². The lowest BCUT2D eigenvalue weighted by atomic mass is 9.94. The number of carboxylic acid groups (broad SMARTS) is 1. The highest BCUT2D eigenvalue weighted by atomic mass is 19.1. The molecule has 1 aliphatic heterocycles. The first kappa shape index (κ1) is 14.7. The number of aromatic nitrogens is 2. The number of benzene rings is 1. The van der Waals surface area contributed by atoms with Gasteiger partial charge in [-0.2, -0.15) is 0 Å². The molecule has 6 heteroatoms. The zero-order valence-electron chi connectivity index (χ0n) is 12.4. The van der Waals surface area contributed by atoms with Crippen LogP contribution < -0.4 is 0 Å². The number of halogens is 1. The number of fused-ring (bicyclic) bond motifs is 1. The number of aromatic carboxylic acids is 1. The van der Waals surface area contributed by atoms with Gasteiger partial charge in [0.25, 0.3) is 0 Å². The van der Waals surface area contributed by atoms with Crippen LogP contribution in [0.3, 0.4) is 0 Å². The largest absolute Gasteiger partial charge is 0.478 e. The summed E-state index contributed by atoms with van der Waals surface area (Å²) in [5.41, 5.74) is 1.32. The van der Waals surface area contributed by atoms with Crippen LogP contribution >= 0.6 is 0 Å². The van der Waals surface area contributed by atoms with E-state index >= 15 is 0 Å². The molecule has 1 aliphatic rings. The van der Waals surface area contributed by atoms with Crippen molar-refractivity contribution in [3.63, 3.8) is 0 Å². The van der Waals surface area contributed by atoms with Crippen molar-refractivity contribution in [3.8, 4) is 0 Å². The normalized spacial score (nSPS) is 14.8. The maximum Gasteiger partial charge on any atom is 0.339 e. The zero-order chi connectivity index (χ0) is 15.7. The second-order valence-corrected chi connectivity index (χ2v) is 5.46. The number of carboxylic acids is 1. The Labute approximate surface area is 128 Å². The molecular weight excluding hydrogens is 285 g/mol. The molecule has 0 bridgehead atoms. The van der Waals surface area contributed by atoms with Crippen LogP contribution in [-0.4, -0.2) is 32.1 Å². The summed E-state index contributed by atoms with van der Waals surface area (Å²) in [5, 5.41) is 9.27. The molecule has 1 aromatic carbocycles. The smallest absolute Gasteiger partial charge is 0.339 e. The molecule has 0 radical (unpaired) electrons. The summed E-state index contributed by atoms with van der Waals surface area (Å²) in [6.07, 6.45) is 4.41. The third-order valence-corrected chi connectivity index (χ3v) is 4.16. The van der Waals surface area contributed by atoms with Gasteiger partial charge in [-0.1, -0.05) is 6.07 Å². The lowest BCUT2D eigenvalue weighted by molar-refractivity contribution is 0.0688. The Morgan fingerprint density at radius 1 is 1.45 bits per heavy atom. The van der Waals surface area contributed by atoms with E-state index in [1.165, 1.54) is 6.07 Å². The average Bonchev–Trinajstić information content (AvgIpc) is 2.93.